The lowest BCUT2D eigenvalue weighted by molar-refractivity contribution is -0.134. The summed E-state index contributed by atoms with van der Waals surface area (Å²) in [5, 5.41) is 7.55. The van der Waals surface area contributed by atoms with Crippen molar-refractivity contribution in [1.82, 2.24) is 14.8 Å². The minimum atomic E-state index is -0.341. The molecule has 1 fully saturated rings. The molecule has 4 rings (SSSR count). The minimum Gasteiger partial charge on any atom is -0.469 e. The van der Waals surface area contributed by atoms with Crippen LogP contribution in [0.4, 0.5) is 4.39 Å². The van der Waals surface area contributed by atoms with Crippen LogP contribution in [0.1, 0.15) is 30.4 Å². The lowest BCUT2D eigenvalue weighted by Gasteiger charge is -2.26. The molecule has 0 radical (unpaired) electrons. The molecular formula is C26H29FN4O4. The van der Waals surface area contributed by atoms with Crippen molar-refractivity contribution >= 4 is 28.9 Å². The van der Waals surface area contributed by atoms with Crippen LogP contribution in [-0.2, 0) is 28.1 Å². The number of nitrogens with zero attached hydrogens (tertiary/aromatic N) is 3. The molecule has 0 unspecified atom stereocenters. The number of aryl methyl sites for hydroxylation is 1. The highest BCUT2D eigenvalue weighted by atomic mass is 19.1. The largest absolute Gasteiger partial charge is 0.469 e. The standard InChI is InChI=1S/C26H29FN4O4/c1-30-23-10-7-20(15-29-35-17-19-5-8-22(27)9-6-19)13-21(23)14-26(30)34-18-24(32)28-16-25(33)31-11-3-2-4-12-31/h5-10,13-15H,2-4,11-12,16-18H2,1H3,(H,28,32)/b29-15+. The zero-order valence-electron chi connectivity index (χ0n) is 19.7. The summed E-state index contributed by atoms with van der Waals surface area (Å²) in [4.78, 5) is 31.5. The molecule has 1 aromatic heterocycles. The number of likely N-dealkylation sites (tertiary alicyclic amines) is 1. The molecule has 1 saturated heterocycles. The van der Waals surface area contributed by atoms with Gasteiger partial charge in [-0.2, -0.15) is 0 Å². The second kappa shape index (κ2) is 11.5. The third-order valence-corrected chi connectivity index (χ3v) is 5.94. The molecule has 2 heterocycles. The van der Waals surface area contributed by atoms with Gasteiger partial charge in [-0.15, -0.1) is 0 Å². The van der Waals surface area contributed by atoms with Crippen LogP contribution in [0.2, 0.25) is 0 Å². The van der Waals surface area contributed by atoms with Gasteiger partial charge >= 0.3 is 0 Å². The molecule has 184 valence electrons. The molecule has 0 atom stereocenters. The van der Waals surface area contributed by atoms with E-state index in [0.717, 1.165) is 54.4 Å². The van der Waals surface area contributed by atoms with Gasteiger partial charge in [-0.05, 0) is 54.7 Å². The number of halogens is 1. The average molecular weight is 481 g/mol. The van der Waals surface area contributed by atoms with Gasteiger partial charge in [-0.25, -0.2) is 4.39 Å². The Morgan fingerprint density at radius 1 is 1.09 bits per heavy atom. The molecule has 2 aromatic carbocycles. The Kier molecular flexibility index (Phi) is 7.97. The molecule has 0 spiro atoms. The topological polar surface area (TPSA) is 85.2 Å². The van der Waals surface area contributed by atoms with E-state index in [1.807, 2.05) is 35.9 Å². The van der Waals surface area contributed by atoms with Gasteiger partial charge in [-0.1, -0.05) is 23.4 Å². The number of carbonyl (C=O) groups excluding carboxylic acids is 2. The Morgan fingerprint density at radius 2 is 1.86 bits per heavy atom. The lowest BCUT2D eigenvalue weighted by atomic mass is 10.1. The minimum absolute atomic E-state index is 0.0107. The van der Waals surface area contributed by atoms with Crippen LogP contribution < -0.4 is 10.1 Å². The Labute approximate surface area is 203 Å². The number of fused-ring (bicyclic) bond motifs is 1. The number of ether oxygens (including phenoxy) is 1. The second-order valence-corrected chi connectivity index (χ2v) is 8.50. The van der Waals surface area contributed by atoms with Gasteiger partial charge in [0.1, 0.15) is 12.4 Å². The Morgan fingerprint density at radius 3 is 2.63 bits per heavy atom. The van der Waals surface area contributed by atoms with Gasteiger partial charge in [-0.3, -0.25) is 9.59 Å². The number of nitrogens with one attached hydrogen (secondary N) is 1. The van der Waals surface area contributed by atoms with Crippen LogP contribution in [0.3, 0.4) is 0 Å². The summed E-state index contributed by atoms with van der Waals surface area (Å²) in [5.41, 5.74) is 2.59. The van der Waals surface area contributed by atoms with E-state index >= 15 is 0 Å². The van der Waals surface area contributed by atoms with Gasteiger partial charge < -0.3 is 24.4 Å². The van der Waals surface area contributed by atoms with Crippen LogP contribution in [-0.4, -0.2) is 53.7 Å². The van der Waals surface area contributed by atoms with Crippen LogP contribution >= 0.6 is 0 Å². The molecule has 0 aliphatic carbocycles. The number of hydrogen-bond donors (Lipinski definition) is 1. The quantitative estimate of drug-likeness (QED) is 0.376. The van der Waals surface area contributed by atoms with Crippen molar-refractivity contribution in [1.29, 1.82) is 0 Å². The van der Waals surface area contributed by atoms with E-state index in [1.54, 1.807) is 23.2 Å². The van der Waals surface area contributed by atoms with Crippen LogP contribution in [0, 0.1) is 5.82 Å². The summed E-state index contributed by atoms with van der Waals surface area (Å²) in [6, 6.07) is 13.7. The first-order valence-electron chi connectivity index (χ1n) is 11.7. The number of piperidine rings is 1. The van der Waals surface area contributed by atoms with E-state index in [4.69, 9.17) is 9.57 Å². The van der Waals surface area contributed by atoms with E-state index < -0.39 is 0 Å². The number of benzene rings is 2. The first-order chi connectivity index (χ1) is 17.0. The summed E-state index contributed by atoms with van der Waals surface area (Å²) in [5.74, 6) is -0.148. The SMILES string of the molecule is Cn1c(OCC(=O)NCC(=O)N2CCCCC2)cc2cc(/C=N/OCc3ccc(F)cc3)ccc21. The number of amides is 2. The highest BCUT2D eigenvalue weighted by Gasteiger charge is 2.17. The third-order valence-electron chi connectivity index (χ3n) is 5.94. The van der Waals surface area contributed by atoms with Gasteiger partial charge in [0.2, 0.25) is 5.91 Å². The molecule has 35 heavy (non-hydrogen) atoms. The summed E-state index contributed by atoms with van der Waals surface area (Å²) >= 11 is 0. The molecular weight excluding hydrogens is 451 g/mol. The summed E-state index contributed by atoms with van der Waals surface area (Å²) in [6.07, 6.45) is 4.78. The first-order valence-corrected chi connectivity index (χ1v) is 11.7. The van der Waals surface area contributed by atoms with Crippen molar-refractivity contribution in [3.05, 3.63) is 65.5 Å². The number of oxime groups is 1. The van der Waals surface area contributed by atoms with Crippen molar-refractivity contribution in [2.45, 2.75) is 25.9 Å². The zero-order valence-corrected chi connectivity index (χ0v) is 19.7. The van der Waals surface area contributed by atoms with Crippen LogP contribution in [0.25, 0.3) is 10.9 Å². The normalized spacial score (nSPS) is 13.8. The van der Waals surface area contributed by atoms with Gasteiger partial charge in [0.05, 0.1) is 18.3 Å². The van der Waals surface area contributed by atoms with Crippen molar-refractivity contribution in [3.8, 4) is 5.88 Å². The Balaban J connectivity index is 1.27. The van der Waals surface area contributed by atoms with Crippen LogP contribution in [0.5, 0.6) is 5.88 Å². The third kappa shape index (κ3) is 6.59. The summed E-state index contributed by atoms with van der Waals surface area (Å²) in [7, 11) is 1.86. The van der Waals surface area contributed by atoms with Crippen molar-refractivity contribution in [3.63, 3.8) is 0 Å². The number of hydrogen-bond acceptors (Lipinski definition) is 5. The highest BCUT2D eigenvalue weighted by molar-refractivity contribution is 5.90. The Bertz CT molecular complexity index is 1200. The fraction of sp³-hybridized carbons (Fsp3) is 0.346. The fourth-order valence-corrected chi connectivity index (χ4v) is 3.97. The van der Waals surface area contributed by atoms with Gasteiger partial charge in [0, 0.05) is 31.6 Å². The van der Waals surface area contributed by atoms with E-state index in [1.165, 1.54) is 12.1 Å². The molecule has 3 aromatic rings. The highest BCUT2D eigenvalue weighted by Crippen LogP contribution is 2.25. The second-order valence-electron chi connectivity index (χ2n) is 8.50. The first kappa shape index (κ1) is 24.3. The maximum atomic E-state index is 13.0. The summed E-state index contributed by atoms with van der Waals surface area (Å²) in [6.45, 7) is 1.57. The van der Waals surface area contributed by atoms with Gasteiger partial charge in [0.25, 0.3) is 5.91 Å². The molecule has 1 aliphatic heterocycles. The molecule has 8 nitrogen and oxygen atoms in total. The average Bonchev–Trinajstić information content (AvgIpc) is 3.20. The van der Waals surface area contributed by atoms with E-state index in [-0.39, 0.29) is 37.4 Å². The smallest absolute Gasteiger partial charge is 0.258 e. The molecule has 0 saturated carbocycles. The van der Waals surface area contributed by atoms with Gasteiger partial charge in [0.15, 0.2) is 12.5 Å². The monoisotopic (exact) mass is 480 g/mol. The van der Waals surface area contributed by atoms with Crippen molar-refractivity contribution in [2.24, 2.45) is 12.2 Å². The number of carbonyl (C=O) groups is 2. The number of aromatic nitrogens is 1. The molecule has 0 bridgehead atoms. The predicted octanol–water partition coefficient (Wildman–Crippen LogP) is 3.38. The van der Waals surface area contributed by atoms with E-state index in [2.05, 4.69) is 10.5 Å². The van der Waals surface area contributed by atoms with Crippen molar-refractivity contribution in [2.75, 3.05) is 26.2 Å². The molecule has 1 N–H and O–H groups in total. The van der Waals surface area contributed by atoms with E-state index in [0.29, 0.717) is 5.88 Å². The van der Waals surface area contributed by atoms with Crippen molar-refractivity contribution < 1.29 is 23.6 Å². The molecule has 1 aliphatic rings. The maximum absolute atomic E-state index is 13.0. The van der Waals surface area contributed by atoms with E-state index in [9.17, 15) is 14.0 Å². The zero-order chi connectivity index (χ0) is 24.6. The lowest BCUT2D eigenvalue weighted by Crippen LogP contribution is -2.43. The number of rotatable bonds is 9. The Hall–Kier alpha value is -3.88. The molecule has 9 heteroatoms. The predicted molar refractivity (Wildman–Crippen MR) is 131 cm³/mol. The fourth-order valence-electron chi connectivity index (χ4n) is 3.97. The van der Waals surface area contributed by atoms with Crippen LogP contribution in [0.15, 0.2) is 53.7 Å². The summed E-state index contributed by atoms with van der Waals surface area (Å²) < 4.78 is 20.5. The maximum Gasteiger partial charge on any atom is 0.258 e. The molecule has 2 amide bonds.